The Labute approximate surface area is 155 Å². The Morgan fingerprint density at radius 2 is 1.74 bits per heavy atom. The first kappa shape index (κ1) is 21.1. The molecule has 0 aliphatic carbocycles. The number of thioether (sulfide) groups is 1. The summed E-state index contributed by atoms with van der Waals surface area (Å²) in [5.41, 5.74) is -2.13. The molecule has 0 unspecified atom stereocenters. The lowest BCUT2D eigenvalue weighted by Gasteiger charge is -2.16. The Kier molecular flexibility index (Phi) is 6.80. The van der Waals surface area contributed by atoms with E-state index in [1.54, 1.807) is 6.92 Å². The molecule has 0 heterocycles. The second-order valence-corrected chi connectivity index (χ2v) is 6.41. The summed E-state index contributed by atoms with van der Waals surface area (Å²) < 4.78 is 85.8. The van der Waals surface area contributed by atoms with Crippen LogP contribution in [-0.4, -0.2) is 18.3 Å². The normalized spacial score (nSPS) is 11.5. The zero-order valence-electron chi connectivity index (χ0n) is 14.0. The number of carbonyl (C=O) groups is 1. The zero-order chi connectivity index (χ0) is 20.2. The number of carbonyl (C=O) groups excluding carboxylic acids is 1. The number of benzene rings is 2. The summed E-state index contributed by atoms with van der Waals surface area (Å²) in [5.74, 6) is -4.81. The molecular weight excluding hydrogens is 394 g/mol. The van der Waals surface area contributed by atoms with Gasteiger partial charge in [0, 0.05) is 16.9 Å². The van der Waals surface area contributed by atoms with Crippen molar-refractivity contribution in [3.8, 4) is 11.1 Å². The number of ether oxygens (including phenoxy) is 1. The lowest BCUT2D eigenvalue weighted by atomic mass is 10.0. The number of esters is 1. The monoisotopic (exact) mass is 408 g/mol. The zero-order valence-corrected chi connectivity index (χ0v) is 14.8. The minimum absolute atomic E-state index is 0.0962. The van der Waals surface area contributed by atoms with Crippen LogP contribution in [-0.2, 0) is 15.7 Å². The number of rotatable bonds is 6. The molecule has 27 heavy (non-hydrogen) atoms. The van der Waals surface area contributed by atoms with Gasteiger partial charge in [-0.2, -0.15) is 13.2 Å². The van der Waals surface area contributed by atoms with Crippen molar-refractivity contribution in [2.45, 2.75) is 24.4 Å². The lowest BCUT2D eigenvalue weighted by Crippen LogP contribution is -2.10. The van der Waals surface area contributed by atoms with E-state index in [2.05, 4.69) is 0 Å². The van der Waals surface area contributed by atoms with E-state index in [1.807, 2.05) is 0 Å². The first-order valence-electron chi connectivity index (χ1n) is 7.79. The maximum atomic E-state index is 14.5. The van der Waals surface area contributed by atoms with Gasteiger partial charge in [0.25, 0.3) is 0 Å². The molecule has 0 aliphatic rings. The molecular formula is C18H14F6O2S. The summed E-state index contributed by atoms with van der Waals surface area (Å²) in [6, 6.07) is 4.50. The van der Waals surface area contributed by atoms with Crippen LogP contribution in [0.15, 0.2) is 35.2 Å². The molecule has 0 spiro atoms. The minimum atomic E-state index is -4.96. The second kappa shape index (κ2) is 8.69. The van der Waals surface area contributed by atoms with E-state index in [0.717, 1.165) is 24.3 Å². The van der Waals surface area contributed by atoms with Gasteiger partial charge < -0.3 is 4.74 Å². The van der Waals surface area contributed by atoms with E-state index in [4.69, 9.17) is 4.74 Å². The van der Waals surface area contributed by atoms with Crippen LogP contribution in [0.4, 0.5) is 26.3 Å². The third-order valence-corrected chi connectivity index (χ3v) is 4.60. The fourth-order valence-corrected chi connectivity index (χ4v) is 3.35. The molecule has 0 bridgehead atoms. The average Bonchev–Trinajstić information content (AvgIpc) is 2.58. The van der Waals surface area contributed by atoms with Crippen molar-refractivity contribution in [2.75, 3.05) is 12.4 Å². The van der Waals surface area contributed by atoms with Crippen molar-refractivity contribution in [3.63, 3.8) is 0 Å². The Morgan fingerprint density at radius 3 is 2.37 bits per heavy atom. The second-order valence-electron chi connectivity index (χ2n) is 5.31. The molecule has 0 aliphatic heterocycles. The highest BCUT2D eigenvalue weighted by Crippen LogP contribution is 2.41. The van der Waals surface area contributed by atoms with Gasteiger partial charge in [-0.3, -0.25) is 4.79 Å². The lowest BCUT2D eigenvalue weighted by molar-refractivity contribution is -0.142. The predicted octanol–water partition coefficient (Wildman–Crippen LogP) is 5.84. The van der Waals surface area contributed by atoms with Gasteiger partial charge in [0.15, 0.2) is 11.6 Å². The Bertz CT molecular complexity index is 835. The highest BCUT2D eigenvalue weighted by atomic mass is 32.2. The van der Waals surface area contributed by atoms with Crippen LogP contribution >= 0.6 is 11.8 Å². The van der Waals surface area contributed by atoms with E-state index in [9.17, 15) is 31.1 Å². The van der Waals surface area contributed by atoms with Gasteiger partial charge in [0.1, 0.15) is 5.82 Å². The minimum Gasteiger partial charge on any atom is -0.466 e. The Hall–Kier alpha value is -2.16. The number of alkyl halides is 3. The van der Waals surface area contributed by atoms with Gasteiger partial charge in [-0.1, -0.05) is 18.2 Å². The van der Waals surface area contributed by atoms with Gasteiger partial charge in [0.05, 0.1) is 23.5 Å². The van der Waals surface area contributed by atoms with Crippen molar-refractivity contribution >= 4 is 17.7 Å². The predicted molar refractivity (Wildman–Crippen MR) is 88.7 cm³/mol. The fraction of sp³-hybridized carbons (Fsp3) is 0.278. The molecule has 0 amide bonds. The van der Waals surface area contributed by atoms with Crippen LogP contribution in [0.25, 0.3) is 11.1 Å². The molecule has 2 nitrogen and oxygen atoms in total. The maximum Gasteiger partial charge on any atom is 0.419 e. The van der Waals surface area contributed by atoms with Crippen molar-refractivity contribution in [3.05, 3.63) is 53.3 Å². The highest BCUT2D eigenvalue weighted by molar-refractivity contribution is 7.99. The SMILES string of the molecule is CCOC(=O)CCSc1c(-c2cccc(F)c2F)ccc(C(F)(F)F)c1F. The van der Waals surface area contributed by atoms with Crippen molar-refractivity contribution in [1.82, 2.24) is 0 Å². The summed E-state index contributed by atoms with van der Waals surface area (Å²) in [5, 5.41) is 0. The molecule has 2 aromatic carbocycles. The van der Waals surface area contributed by atoms with Crippen LogP contribution in [0.3, 0.4) is 0 Å². The summed E-state index contributed by atoms with van der Waals surface area (Å²) in [7, 11) is 0. The van der Waals surface area contributed by atoms with Gasteiger partial charge in [0.2, 0.25) is 0 Å². The number of halogens is 6. The molecule has 2 rings (SSSR count). The molecule has 0 fully saturated rings. The summed E-state index contributed by atoms with van der Waals surface area (Å²) >= 11 is 0.603. The molecule has 146 valence electrons. The van der Waals surface area contributed by atoms with Gasteiger partial charge in [-0.25, -0.2) is 13.2 Å². The topological polar surface area (TPSA) is 26.3 Å². The number of hydrogen-bond acceptors (Lipinski definition) is 3. The molecule has 9 heteroatoms. The van der Waals surface area contributed by atoms with Gasteiger partial charge in [-0.15, -0.1) is 11.8 Å². The van der Waals surface area contributed by atoms with Crippen LogP contribution in [0, 0.1) is 17.5 Å². The van der Waals surface area contributed by atoms with E-state index < -0.39 is 40.1 Å². The first-order chi connectivity index (χ1) is 12.7. The molecule has 0 aromatic heterocycles. The molecule has 0 saturated carbocycles. The largest absolute Gasteiger partial charge is 0.466 e. The average molecular weight is 408 g/mol. The van der Waals surface area contributed by atoms with E-state index >= 15 is 0 Å². The van der Waals surface area contributed by atoms with Crippen molar-refractivity contribution in [1.29, 1.82) is 0 Å². The van der Waals surface area contributed by atoms with E-state index in [-0.39, 0.29) is 29.9 Å². The van der Waals surface area contributed by atoms with E-state index in [0.29, 0.717) is 17.8 Å². The fourth-order valence-electron chi connectivity index (χ4n) is 2.31. The molecule has 0 N–H and O–H groups in total. The summed E-state index contributed by atoms with van der Waals surface area (Å²) in [4.78, 5) is 10.9. The Morgan fingerprint density at radius 1 is 1.04 bits per heavy atom. The van der Waals surface area contributed by atoms with Crippen molar-refractivity contribution in [2.24, 2.45) is 0 Å². The van der Waals surface area contributed by atoms with Crippen LogP contribution in [0.1, 0.15) is 18.9 Å². The number of hydrogen-bond donors (Lipinski definition) is 0. The van der Waals surface area contributed by atoms with Crippen LogP contribution in [0.5, 0.6) is 0 Å². The van der Waals surface area contributed by atoms with Crippen LogP contribution < -0.4 is 0 Å². The van der Waals surface area contributed by atoms with Crippen molar-refractivity contribution < 1.29 is 35.9 Å². The van der Waals surface area contributed by atoms with Crippen LogP contribution in [0.2, 0.25) is 0 Å². The standard InChI is InChI=1S/C18H14F6O2S/c1-2-26-14(25)8-9-27-17-11(10-4-3-5-13(19)15(10)20)6-7-12(16(17)21)18(22,23)24/h3-7H,2,8-9H2,1H3. The summed E-state index contributed by atoms with van der Waals surface area (Å²) in [6.07, 6.45) is -5.14. The first-order valence-corrected chi connectivity index (χ1v) is 8.77. The molecule has 0 atom stereocenters. The third-order valence-electron chi connectivity index (χ3n) is 3.50. The smallest absolute Gasteiger partial charge is 0.419 e. The molecule has 0 radical (unpaired) electrons. The quantitative estimate of drug-likeness (QED) is 0.342. The maximum absolute atomic E-state index is 14.5. The third kappa shape index (κ3) is 4.97. The molecule has 2 aromatic rings. The summed E-state index contributed by atoms with van der Waals surface area (Å²) in [6.45, 7) is 1.71. The van der Waals surface area contributed by atoms with Gasteiger partial charge in [-0.05, 0) is 19.1 Å². The highest BCUT2D eigenvalue weighted by Gasteiger charge is 2.36. The Balaban J connectivity index is 2.48. The van der Waals surface area contributed by atoms with E-state index in [1.165, 1.54) is 0 Å². The molecule has 0 saturated heterocycles. The van der Waals surface area contributed by atoms with Gasteiger partial charge >= 0.3 is 12.1 Å².